The Balaban J connectivity index is 1.55. The second-order valence-corrected chi connectivity index (χ2v) is 5.74. The zero-order valence-electron chi connectivity index (χ0n) is 11.5. The number of carbonyl (C=O) groups is 1. The molecule has 0 atom stereocenters. The Morgan fingerprint density at radius 1 is 1.28 bits per heavy atom. The first-order chi connectivity index (χ1) is 8.66. The fourth-order valence-corrected chi connectivity index (χ4v) is 2.44. The van der Waals surface area contributed by atoms with Crippen LogP contribution in [0.2, 0.25) is 0 Å². The summed E-state index contributed by atoms with van der Waals surface area (Å²) >= 11 is 0. The summed E-state index contributed by atoms with van der Waals surface area (Å²) in [6, 6.07) is 0. The molecule has 3 N–H and O–H groups in total. The van der Waals surface area contributed by atoms with Gasteiger partial charge in [0, 0.05) is 39.3 Å². The molecular weight excluding hydrogens is 228 g/mol. The van der Waals surface area contributed by atoms with Crippen LogP contribution in [0.3, 0.4) is 0 Å². The molecule has 0 aromatic rings. The van der Waals surface area contributed by atoms with Gasteiger partial charge >= 0.3 is 0 Å². The van der Waals surface area contributed by atoms with Gasteiger partial charge in [0.1, 0.15) is 0 Å². The number of piperazine rings is 1. The third-order valence-electron chi connectivity index (χ3n) is 4.26. The van der Waals surface area contributed by atoms with Crippen molar-refractivity contribution in [1.82, 2.24) is 15.1 Å². The number of rotatable bonds is 6. The van der Waals surface area contributed by atoms with Crippen molar-refractivity contribution in [3.05, 3.63) is 0 Å². The maximum atomic E-state index is 11.8. The Hall–Kier alpha value is -0.650. The summed E-state index contributed by atoms with van der Waals surface area (Å²) in [5, 5.41) is 3.03. The van der Waals surface area contributed by atoms with E-state index >= 15 is 0 Å². The number of carbonyl (C=O) groups excluding carboxylic acids is 1. The summed E-state index contributed by atoms with van der Waals surface area (Å²) in [5.74, 6) is 0.170. The molecule has 1 saturated carbocycles. The molecule has 0 aromatic heterocycles. The van der Waals surface area contributed by atoms with E-state index < -0.39 is 0 Å². The molecule has 104 valence electrons. The highest BCUT2D eigenvalue weighted by Crippen LogP contribution is 2.44. The van der Waals surface area contributed by atoms with Crippen LogP contribution in [-0.2, 0) is 4.79 Å². The lowest BCUT2D eigenvalue weighted by Gasteiger charge is -2.32. The second kappa shape index (κ2) is 5.99. The normalized spacial score (nSPS) is 23.9. The van der Waals surface area contributed by atoms with Crippen LogP contribution in [0.15, 0.2) is 0 Å². The predicted molar refractivity (Wildman–Crippen MR) is 72.3 cm³/mol. The minimum Gasteiger partial charge on any atom is -0.356 e. The first kappa shape index (κ1) is 13.8. The van der Waals surface area contributed by atoms with Gasteiger partial charge in [0.05, 0.1) is 5.41 Å². The first-order valence-corrected chi connectivity index (χ1v) is 7.05. The molecule has 1 amide bonds. The van der Waals surface area contributed by atoms with Gasteiger partial charge in [-0.15, -0.1) is 0 Å². The lowest BCUT2D eigenvalue weighted by molar-refractivity contribution is -0.125. The standard InChI is InChI=1S/C13H26N4O/c1-16-7-9-17(10-8-16)6-2-5-15-12(18)13(11-14)3-4-13/h2-11,14H2,1H3,(H,15,18). The molecule has 0 spiro atoms. The van der Waals surface area contributed by atoms with E-state index in [1.54, 1.807) is 0 Å². The number of hydrogen-bond donors (Lipinski definition) is 2. The maximum absolute atomic E-state index is 11.8. The molecule has 2 aliphatic rings. The first-order valence-electron chi connectivity index (χ1n) is 7.05. The van der Waals surface area contributed by atoms with Crippen molar-refractivity contribution in [2.24, 2.45) is 11.1 Å². The fraction of sp³-hybridized carbons (Fsp3) is 0.923. The molecule has 0 unspecified atom stereocenters. The van der Waals surface area contributed by atoms with E-state index in [0.29, 0.717) is 6.54 Å². The van der Waals surface area contributed by atoms with Gasteiger partial charge in [-0.1, -0.05) is 0 Å². The van der Waals surface area contributed by atoms with Crippen molar-refractivity contribution < 1.29 is 4.79 Å². The Labute approximate surface area is 110 Å². The minimum atomic E-state index is -0.201. The van der Waals surface area contributed by atoms with Crippen molar-refractivity contribution in [1.29, 1.82) is 0 Å². The Morgan fingerprint density at radius 3 is 2.50 bits per heavy atom. The quantitative estimate of drug-likeness (QED) is 0.626. The summed E-state index contributed by atoms with van der Waals surface area (Å²) in [7, 11) is 2.17. The van der Waals surface area contributed by atoms with Gasteiger partial charge in [-0.2, -0.15) is 0 Å². The van der Waals surface area contributed by atoms with Gasteiger partial charge in [0.25, 0.3) is 0 Å². The Kier molecular flexibility index (Phi) is 4.59. The van der Waals surface area contributed by atoms with E-state index in [1.807, 2.05) is 0 Å². The smallest absolute Gasteiger partial charge is 0.227 e. The number of likely N-dealkylation sites (N-methyl/N-ethyl adjacent to an activating group) is 1. The average molecular weight is 254 g/mol. The van der Waals surface area contributed by atoms with E-state index in [1.165, 1.54) is 0 Å². The largest absolute Gasteiger partial charge is 0.356 e. The van der Waals surface area contributed by atoms with E-state index in [2.05, 4.69) is 22.2 Å². The van der Waals surface area contributed by atoms with Crippen LogP contribution in [0.4, 0.5) is 0 Å². The van der Waals surface area contributed by atoms with Gasteiger partial charge in [0.15, 0.2) is 0 Å². The van der Waals surface area contributed by atoms with Crippen LogP contribution in [0.25, 0.3) is 0 Å². The number of nitrogens with two attached hydrogens (primary N) is 1. The highest BCUT2D eigenvalue weighted by Gasteiger charge is 2.48. The number of hydrogen-bond acceptors (Lipinski definition) is 4. The monoisotopic (exact) mass is 254 g/mol. The van der Waals surface area contributed by atoms with E-state index in [-0.39, 0.29) is 11.3 Å². The van der Waals surface area contributed by atoms with E-state index in [9.17, 15) is 4.79 Å². The predicted octanol–water partition coefficient (Wildman–Crippen LogP) is -0.521. The lowest BCUT2D eigenvalue weighted by Crippen LogP contribution is -2.45. The highest BCUT2D eigenvalue weighted by atomic mass is 16.2. The number of nitrogens with one attached hydrogen (secondary N) is 1. The molecule has 1 saturated heterocycles. The summed E-state index contributed by atoms with van der Waals surface area (Å²) < 4.78 is 0. The number of amides is 1. The lowest BCUT2D eigenvalue weighted by atomic mass is 10.1. The Bertz CT molecular complexity index is 283. The summed E-state index contributed by atoms with van der Waals surface area (Å²) in [5.41, 5.74) is 5.43. The van der Waals surface area contributed by atoms with Crippen molar-refractivity contribution in [3.8, 4) is 0 Å². The van der Waals surface area contributed by atoms with Crippen LogP contribution in [-0.4, -0.2) is 68.6 Å². The SMILES string of the molecule is CN1CCN(CCCNC(=O)C2(CN)CC2)CC1. The zero-order valence-corrected chi connectivity index (χ0v) is 11.5. The Morgan fingerprint density at radius 2 is 1.94 bits per heavy atom. The molecule has 2 fully saturated rings. The topological polar surface area (TPSA) is 61.6 Å². The average Bonchev–Trinajstić information content (AvgIpc) is 3.17. The summed E-state index contributed by atoms with van der Waals surface area (Å²) in [4.78, 5) is 16.7. The zero-order chi connectivity index (χ0) is 13.0. The minimum absolute atomic E-state index is 0.170. The van der Waals surface area contributed by atoms with Crippen LogP contribution >= 0.6 is 0 Å². The molecule has 0 radical (unpaired) electrons. The highest BCUT2D eigenvalue weighted by molar-refractivity contribution is 5.85. The molecule has 1 heterocycles. The fourth-order valence-electron chi connectivity index (χ4n) is 2.44. The molecule has 0 aromatic carbocycles. The molecule has 0 bridgehead atoms. The molecular formula is C13H26N4O. The van der Waals surface area contributed by atoms with E-state index in [0.717, 1.165) is 58.5 Å². The van der Waals surface area contributed by atoms with Gasteiger partial charge in [-0.05, 0) is 32.9 Å². The van der Waals surface area contributed by atoms with Crippen molar-refractivity contribution >= 4 is 5.91 Å². The number of nitrogens with zero attached hydrogens (tertiary/aromatic N) is 2. The summed E-state index contributed by atoms with van der Waals surface area (Å²) in [6.45, 7) is 6.98. The van der Waals surface area contributed by atoms with Gasteiger partial charge in [-0.25, -0.2) is 0 Å². The van der Waals surface area contributed by atoms with Crippen molar-refractivity contribution in [2.45, 2.75) is 19.3 Å². The molecule has 1 aliphatic heterocycles. The van der Waals surface area contributed by atoms with Crippen LogP contribution in [0.5, 0.6) is 0 Å². The maximum Gasteiger partial charge on any atom is 0.227 e. The van der Waals surface area contributed by atoms with Crippen molar-refractivity contribution in [3.63, 3.8) is 0 Å². The third kappa shape index (κ3) is 3.43. The molecule has 5 nitrogen and oxygen atoms in total. The van der Waals surface area contributed by atoms with Gasteiger partial charge in [-0.3, -0.25) is 4.79 Å². The molecule has 5 heteroatoms. The van der Waals surface area contributed by atoms with E-state index in [4.69, 9.17) is 5.73 Å². The molecule has 18 heavy (non-hydrogen) atoms. The van der Waals surface area contributed by atoms with Crippen LogP contribution < -0.4 is 11.1 Å². The molecule has 2 rings (SSSR count). The van der Waals surface area contributed by atoms with Crippen LogP contribution in [0.1, 0.15) is 19.3 Å². The van der Waals surface area contributed by atoms with Gasteiger partial charge in [0.2, 0.25) is 5.91 Å². The molecule has 1 aliphatic carbocycles. The van der Waals surface area contributed by atoms with Crippen molar-refractivity contribution in [2.75, 3.05) is 52.9 Å². The third-order valence-corrected chi connectivity index (χ3v) is 4.26. The van der Waals surface area contributed by atoms with Gasteiger partial charge < -0.3 is 20.9 Å². The summed E-state index contributed by atoms with van der Waals surface area (Å²) in [6.07, 6.45) is 2.97. The second-order valence-electron chi connectivity index (χ2n) is 5.74. The van der Waals surface area contributed by atoms with Crippen LogP contribution in [0, 0.1) is 5.41 Å².